The molecule has 0 aliphatic rings. The predicted molar refractivity (Wildman–Crippen MR) is 86.4 cm³/mol. The monoisotopic (exact) mass is 355 g/mol. The van der Waals surface area contributed by atoms with Gasteiger partial charge in [0.2, 0.25) is 15.9 Å². The number of benzene rings is 1. The second-order valence-electron chi connectivity index (χ2n) is 5.26. The standard InChI is InChI=1S/C15H21N3O5S/c1-10-7-12(22-4)13(8-11(10)2)24(19,20)16-9-14-17-15(23-18-14)5-6-21-3/h7-8,16H,5-6,9H2,1-4H3. The molecular weight excluding hydrogens is 334 g/mol. The van der Waals surface area contributed by atoms with Crippen LogP contribution in [0.1, 0.15) is 22.8 Å². The van der Waals surface area contributed by atoms with Crippen molar-refractivity contribution in [1.82, 2.24) is 14.9 Å². The van der Waals surface area contributed by atoms with Gasteiger partial charge in [-0.3, -0.25) is 0 Å². The lowest BCUT2D eigenvalue weighted by atomic mass is 10.1. The molecule has 9 heteroatoms. The molecule has 0 aliphatic carbocycles. The van der Waals surface area contributed by atoms with E-state index in [0.29, 0.717) is 24.7 Å². The normalized spacial score (nSPS) is 11.7. The summed E-state index contributed by atoms with van der Waals surface area (Å²) in [6, 6.07) is 3.28. The molecule has 0 unspecified atom stereocenters. The number of nitrogens with zero attached hydrogens (tertiary/aromatic N) is 2. The number of aromatic nitrogens is 2. The first-order valence-corrected chi connectivity index (χ1v) is 8.81. The number of nitrogens with one attached hydrogen (secondary N) is 1. The fourth-order valence-electron chi connectivity index (χ4n) is 2.02. The van der Waals surface area contributed by atoms with Crippen molar-refractivity contribution in [2.75, 3.05) is 20.8 Å². The zero-order valence-corrected chi connectivity index (χ0v) is 14.9. The van der Waals surface area contributed by atoms with E-state index in [0.717, 1.165) is 11.1 Å². The van der Waals surface area contributed by atoms with Crippen molar-refractivity contribution in [1.29, 1.82) is 0 Å². The molecule has 1 aromatic carbocycles. The smallest absolute Gasteiger partial charge is 0.244 e. The van der Waals surface area contributed by atoms with E-state index in [1.165, 1.54) is 7.11 Å². The van der Waals surface area contributed by atoms with Gasteiger partial charge in [0.25, 0.3) is 0 Å². The van der Waals surface area contributed by atoms with Gasteiger partial charge in [-0.2, -0.15) is 4.98 Å². The van der Waals surface area contributed by atoms with Crippen LogP contribution in [0.4, 0.5) is 0 Å². The number of hydrogen-bond donors (Lipinski definition) is 1. The van der Waals surface area contributed by atoms with E-state index in [1.807, 2.05) is 13.8 Å². The predicted octanol–water partition coefficient (Wildman–Crippen LogP) is 1.36. The molecule has 0 atom stereocenters. The van der Waals surface area contributed by atoms with Crippen LogP contribution in [-0.2, 0) is 27.7 Å². The summed E-state index contributed by atoms with van der Waals surface area (Å²) in [4.78, 5) is 4.18. The van der Waals surface area contributed by atoms with E-state index < -0.39 is 10.0 Å². The first-order valence-electron chi connectivity index (χ1n) is 7.32. The van der Waals surface area contributed by atoms with Gasteiger partial charge < -0.3 is 14.0 Å². The van der Waals surface area contributed by atoms with Crippen molar-refractivity contribution in [3.8, 4) is 5.75 Å². The maximum absolute atomic E-state index is 12.5. The molecule has 0 saturated heterocycles. The first kappa shape index (κ1) is 18.4. The minimum Gasteiger partial charge on any atom is -0.495 e. The van der Waals surface area contributed by atoms with E-state index in [4.69, 9.17) is 14.0 Å². The van der Waals surface area contributed by atoms with Crippen LogP contribution >= 0.6 is 0 Å². The zero-order valence-electron chi connectivity index (χ0n) is 14.1. The Kier molecular flexibility index (Phi) is 5.92. The highest BCUT2D eigenvalue weighted by atomic mass is 32.2. The average molecular weight is 355 g/mol. The molecule has 1 heterocycles. The van der Waals surface area contributed by atoms with E-state index in [2.05, 4.69) is 14.9 Å². The molecule has 8 nitrogen and oxygen atoms in total. The first-order chi connectivity index (χ1) is 11.4. The third kappa shape index (κ3) is 4.31. The van der Waals surface area contributed by atoms with Gasteiger partial charge in [0.15, 0.2) is 5.82 Å². The van der Waals surface area contributed by atoms with Gasteiger partial charge in [0, 0.05) is 7.11 Å². The molecule has 24 heavy (non-hydrogen) atoms. The summed E-state index contributed by atoms with van der Waals surface area (Å²) in [6.45, 7) is 4.11. The largest absolute Gasteiger partial charge is 0.495 e. The van der Waals surface area contributed by atoms with E-state index in [-0.39, 0.29) is 17.3 Å². The van der Waals surface area contributed by atoms with Gasteiger partial charge in [-0.15, -0.1) is 0 Å². The Morgan fingerprint density at radius 3 is 2.58 bits per heavy atom. The maximum Gasteiger partial charge on any atom is 0.244 e. The van der Waals surface area contributed by atoms with Gasteiger partial charge >= 0.3 is 0 Å². The molecule has 0 fully saturated rings. The molecule has 2 rings (SSSR count). The van der Waals surface area contributed by atoms with Crippen LogP contribution in [0.5, 0.6) is 5.75 Å². The SMILES string of the molecule is COCCc1nc(CNS(=O)(=O)c2cc(C)c(C)cc2OC)no1. The summed E-state index contributed by atoms with van der Waals surface area (Å²) in [5, 5.41) is 3.74. The van der Waals surface area contributed by atoms with Crippen molar-refractivity contribution >= 4 is 10.0 Å². The topological polar surface area (TPSA) is 104 Å². The van der Waals surface area contributed by atoms with Gasteiger partial charge in [-0.1, -0.05) is 5.16 Å². The molecule has 0 spiro atoms. The summed E-state index contributed by atoms with van der Waals surface area (Å²) in [5.74, 6) is 0.946. The fourth-order valence-corrected chi connectivity index (χ4v) is 3.24. The van der Waals surface area contributed by atoms with E-state index >= 15 is 0 Å². The lowest BCUT2D eigenvalue weighted by molar-refractivity contribution is 0.192. The van der Waals surface area contributed by atoms with Crippen LogP contribution in [0.3, 0.4) is 0 Å². The van der Waals surface area contributed by atoms with Gasteiger partial charge in [0.1, 0.15) is 10.6 Å². The van der Waals surface area contributed by atoms with E-state index in [1.54, 1.807) is 19.2 Å². The van der Waals surface area contributed by atoms with Gasteiger partial charge in [-0.25, -0.2) is 13.1 Å². The number of rotatable bonds is 8. The Bertz CT molecular complexity index is 801. The van der Waals surface area contributed by atoms with Crippen molar-refractivity contribution in [3.05, 3.63) is 35.0 Å². The third-order valence-corrected chi connectivity index (χ3v) is 4.94. The lowest BCUT2D eigenvalue weighted by Crippen LogP contribution is -2.24. The van der Waals surface area contributed by atoms with Crippen molar-refractivity contribution in [3.63, 3.8) is 0 Å². The average Bonchev–Trinajstić information content (AvgIpc) is 3.01. The molecule has 0 aliphatic heterocycles. The highest BCUT2D eigenvalue weighted by Gasteiger charge is 2.21. The van der Waals surface area contributed by atoms with Crippen LogP contribution in [0.2, 0.25) is 0 Å². The number of aryl methyl sites for hydroxylation is 2. The van der Waals surface area contributed by atoms with Crippen molar-refractivity contribution < 1.29 is 22.4 Å². The quantitative estimate of drug-likeness (QED) is 0.762. The molecule has 1 aromatic heterocycles. The molecule has 0 saturated carbocycles. The van der Waals surface area contributed by atoms with Crippen LogP contribution in [0.15, 0.2) is 21.6 Å². The Labute approximate surface area is 141 Å². The van der Waals surface area contributed by atoms with Crippen molar-refractivity contribution in [2.24, 2.45) is 0 Å². The van der Waals surface area contributed by atoms with Crippen molar-refractivity contribution in [2.45, 2.75) is 31.7 Å². The van der Waals surface area contributed by atoms with Gasteiger partial charge in [0.05, 0.1) is 26.7 Å². The Morgan fingerprint density at radius 2 is 1.92 bits per heavy atom. The van der Waals surface area contributed by atoms with Crippen LogP contribution in [-0.4, -0.2) is 39.4 Å². The summed E-state index contributed by atoms with van der Waals surface area (Å²) in [7, 11) is -0.763. The second-order valence-corrected chi connectivity index (χ2v) is 6.99. The zero-order chi connectivity index (χ0) is 17.7. The molecule has 0 amide bonds. The highest BCUT2D eigenvalue weighted by Crippen LogP contribution is 2.27. The summed E-state index contributed by atoms with van der Waals surface area (Å²) in [6.07, 6.45) is 0.473. The Morgan fingerprint density at radius 1 is 1.21 bits per heavy atom. The second kappa shape index (κ2) is 7.73. The minimum atomic E-state index is -3.77. The summed E-state index contributed by atoms with van der Waals surface area (Å²) in [5.41, 5.74) is 1.81. The number of methoxy groups -OCH3 is 2. The number of ether oxygens (including phenoxy) is 2. The molecule has 1 N–H and O–H groups in total. The van der Waals surface area contributed by atoms with Gasteiger partial charge in [-0.05, 0) is 37.1 Å². The summed E-state index contributed by atoms with van der Waals surface area (Å²) < 4.78 is 42.6. The molecule has 0 bridgehead atoms. The Hall–Kier alpha value is -1.97. The van der Waals surface area contributed by atoms with E-state index in [9.17, 15) is 8.42 Å². The maximum atomic E-state index is 12.5. The van der Waals surface area contributed by atoms with Crippen LogP contribution < -0.4 is 9.46 Å². The fraction of sp³-hybridized carbons (Fsp3) is 0.467. The number of sulfonamides is 1. The van der Waals surface area contributed by atoms with Crippen LogP contribution in [0.25, 0.3) is 0 Å². The minimum absolute atomic E-state index is 0.0745. The Balaban J connectivity index is 2.14. The lowest BCUT2D eigenvalue weighted by Gasteiger charge is -2.12. The highest BCUT2D eigenvalue weighted by molar-refractivity contribution is 7.89. The summed E-state index contributed by atoms with van der Waals surface area (Å²) >= 11 is 0. The molecule has 2 aromatic rings. The molecular formula is C15H21N3O5S. The molecule has 132 valence electrons. The third-order valence-electron chi connectivity index (χ3n) is 3.52. The van der Waals surface area contributed by atoms with Crippen LogP contribution in [0, 0.1) is 13.8 Å². The molecule has 0 radical (unpaired) electrons. The number of hydrogen-bond acceptors (Lipinski definition) is 7.